The van der Waals surface area contributed by atoms with Crippen molar-refractivity contribution in [3.8, 4) is 16.1 Å². The van der Waals surface area contributed by atoms with Crippen LogP contribution in [0.1, 0.15) is 18.9 Å². The quantitative estimate of drug-likeness (QED) is 0.466. The molecular formula is C20H13ClN6O2S. The summed E-state index contributed by atoms with van der Waals surface area (Å²) in [7, 11) is 0. The van der Waals surface area contributed by atoms with E-state index in [4.69, 9.17) is 11.6 Å². The molecule has 0 radical (unpaired) electrons. The van der Waals surface area contributed by atoms with E-state index in [1.807, 2.05) is 18.2 Å². The van der Waals surface area contributed by atoms with Gasteiger partial charge in [-0.2, -0.15) is 0 Å². The van der Waals surface area contributed by atoms with E-state index in [1.165, 1.54) is 17.5 Å². The lowest BCUT2D eigenvalue weighted by Gasteiger charge is -2.07. The van der Waals surface area contributed by atoms with Gasteiger partial charge in [0.2, 0.25) is 0 Å². The summed E-state index contributed by atoms with van der Waals surface area (Å²) in [5.41, 5.74) is 1.92. The van der Waals surface area contributed by atoms with Gasteiger partial charge in [0.1, 0.15) is 15.7 Å². The zero-order chi connectivity index (χ0) is 20.4. The third kappa shape index (κ3) is 2.55. The topological polar surface area (TPSA) is 98.5 Å². The molecule has 0 bridgehead atoms. The van der Waals surface area contributed by atoms with Crippen molar-refractivity contribution in [2.24, 2.45) is 0 Å². The summed E-state index contributed by atoms with van der Waals surface area (Å²) in [5, 5.41) is 8.94. The van der Waals surface area contributed by atoms with Gasteiger partial charge < -0.3 is 4.98 Å². The van der Waals surface area contributed by atoms with E-state index < -0.39 is 11.2 Å². The number of rotatable bonds is 3. The van der Waals surface area contributed by atoms with E-state index in [2.05, 4.69) is 20.3 Å². The number of thiophene rings is 1. The van der Waals surface area contributed by atoms with Crippen molar-refractivity contribution >= 4 is 44.2 Å². The number of halogens is 1. The molecule has 4 aromatic heterocycles. The lowest BCUT2D eigenvalue weighted by Crippen LogP contribution is -2.33. The Kier molecular flexibility index (Phi) is 3.71. The van der Waals surface area contributed by atoms with Crippen molar-refractivity contribution in [1.29, 1.82) is 0 Å². The van der Waals surface area contributed by atoms with Gasteiger partial charge in [0.05, 0.1) is 29.6 Å². The normalized spacial score (nSPS) is 14.0. The maximum absolute atomic E-state index is 13.4. The molecule has 0 unspecified atom stereocenters. The third-order valence-electron chi connectivity index (χ3n) is 5.20. The summed E-state index contributed by atoms with van der Waals surface area (Å²) >= 11 is 7.61. The first kappa shape index (κ1) is 17.5. The van der Waals surface area contributed by atoms with Crippen LogP contribution in [-0.2, 0) is 0 Å². The van der Waals surface area contributed by atoms with Crippen LogP contribution in [0.15, 0.2) is 52.3 Å². The number of hydrogen-bond donors (Lipinski definition) is 1. The van der Waals surface area contributed by atoms with E-state index >= 15 is 0 Å². The summed E-state index contributed by atoms with van der Waals surface area (Å²) in [6.07, 6.45) is 5.09. The van der Waals surface area contributed by atoms with Gasteiger partial charge in [-0.15, -0.1) is 16.4 Å². The van der Waals surface area contributed by atoms with Crippen LogP contribution in [0.3, 0.4) is 0 Å². The second kappa shape index (κ2) is 6.35. The monoisotopic (exact) mass is 436 g/mol. The predicted molar refractivity (Wildman–Crippen MR) is 116 cm³/mol. The van der Waals surface area contributed by atoms with Crippen LogP contribution in [0.5, 0.6) is 0 Å². The minimum absolute atomic E-state index is 0.239. The van der Waals surface area contributed by atoms with E-state index in [-0.39, 0.29) is 6.04 Å². The second-order valence-corrected chi connectivity index (χ2v) is 8.65. The predicted octanol–water partition coefficient (Wildman–Crippen LogP) is 3.54. The van der Waals surface area contributed by atoms with Gasteiger partial charge in [0.25, 0.3) is 5.56 Å². The van der Waals surface area contributed by atoms with Crippen LogP contribution in [0.4, 0.5) is 0 Å². The first-order valence-electron chi connectivity index (χ1n) is 9.35. The smallest absolute Gasteiger partial charge is 0.306 e. The van der Waals surface area contributed by atoms with Crippen molar-refractivity contribution in [3.63, 3.8) is 0 Å². The van der Waals surface area contributed by atoms with Gasteiger partial charge in [0.15, 0.2) is 0 Å². The zero-order valence-corrected chi connectivity index (χ0v) is 16.9. The molecule has 1 fully saturated rings. The van der Waals surface area contributed by atoms with Gasteiger partial charge in [-0.3, -0.25) is 9.78 Å². The van der Waals surface area contributed by atoms with E-state index in [0.717, 1.165) is 27.8 Å². The lowest BCUT2D eigenvalue weighted by molar-refractivity contribution is 0.628. The highest BCUT2D eigenvalue weighted by Crippen LogP contribution is 2.37. The minimum Gasteiger partial charge on any atom is -0.306 e. The molecule has 1 N–H and O–H groups in total. The van der Waals surface area contributed by atoms with E-state index in [0.29, 0.717) is 32.0 Å². The first-order valence-corrected chi connectivity index (χ1v) is 10.5. The largest absolute Gasteiger partial charge is 0.333 e. The number of pyridine rings is 1. The van der Waals surface area contributed by atoms with Crippen LogP contribution in [0, 0.1) is 0 Å². The summed E-state index contributed by atoms with van der Waals surface area (Å²) in [6.45, 7) is 0. The Hall–Kier alpha value is -3.30. The van der Waals surface area contributed by atoms with Crippen LogP contribution in [0.2, 0.25) is 5.02 Å². The molecule has 4 heterocycles. The van der Waals surface area contributed by atoms with Gasteiger partial charge in [-0.25, -0.2) is 14.0 Å². The number of benzene rings is 1. The average molecular weight is 437 g/mol. The Morgan fingerprint density at radius 3 is 2.80 bits per heavy atom. The van der Waals surface area contributed by atoms with Crippen molar-refractivity contribution in [2.75, 3.05) is 0 Å². The number of aromatic nitrogens is 6. The fourth-order valence-electron chi connectivity index (χ4n) is 3.64. The molecule has 1 aliphatic carbocycles. The molecule has 6 rings (SSSR count). The SMILES string of the molecule is O=c1[nH]c2cc(-c3ccccc3Cl)sc2c(=O)n1-c1cncc2nnn(C3CC3)c12. The second-order valence-electron chi connectivity index (χ2n) is 7.20. The molecule has 0 saturated heterocycles. The van der Waals surface area contributed by atoms with Crippen LogP contribution >= 0.6 is 22.9 Å². The van der Waals surface area contributed by atoms with Crippen LogP contribution < -0.4 is 11.2 Å². The Bertz CT molecular complexity index is 1580. The molecule has 0 atom stereocenters. The van der Waals surface area contributed by atoms with Crippen molar-refractivity contribution in [2.45, 2.75) is 18.9 Å². The number of fused-ring (bicyclic) bond motifs is 2. The fourth-order valence-corrected chi connectivity index (χ4v) is 5.02. The zero-order valence-electron chi connectivity index (χ0n) is 15.4. The van der Waals surface area contributed by atoms with Crippen LogP contribution in [-0.4, -0.2) is 29.5 Å². The first-order chi connectivity index (χ1) is 14.6. The maximum Gasteiger partial charge on any atom is 0.333 e. The molecule has 1 aliphatic rings. The number of hydrogen-bond acceptors (Lipinski definition) is 6. The van der Waals surface area contributed by atoms with E-state index in [1.54, 1.807) is 23.0 Å². The summed E-state index contributed by atoms with van der Waals surface area (Å²) in [5.74, 6) is 0. The summed E-state index contributed by atoms with van der Waals surface area (Å²) in [6, 6.07) is 9.42. The highest BCUT2D eigenvalue weighted by molar-refractivity contribution is 7.22. The van der Waals surface area contributed by atoms with Crippen molar-refractivity contribution < 1.29 is 0 Å². The van der Waals surface area contributed by atoms with Crippen molar-refractivity contribution in [1.82, 2.24) is 29.5 Å². The maximum atomic E-state index is 13.4. The molecule has 30 heavy (non-hydrogen) atoms. The Labute approximate surface area is 177 Å². The van der Waals surface area contributed by atoms with Crippen LogP contribution in [0.25, 0.3) is 37.4 Å². The minimum atomic E-state index is -0.533. The number of H-pyrrole nitrogens is 1. The molecule has 1 aromatic carbocycles. The van der Waals surface area contributed by atoms with Gasteiger partial charge in [-0.1, -0.05) is 35.0 Å². The molecule has 0 spiro atoms. The summed E-state index contributed by atoms with van der Waals surface area (Å²) in [4.78, 5) is 34.1. The van der Waals surface area contributed by atoms with E-state index in [9.17, 15) is 9.59 Å². The number of nitrogens with zero attached hydrogens (tertiary/aromatic N) is 5. The molecule has 1 saturated carbocycles. The Balaban J connectivity index is 1.63. The average Bonchev–Trinajstić information content (AvgIpc) is 3.34. The third-order valence-corrected chi connectivity index (χ3v) is 6.69. The summed E-state index contributed by atoms with van der Waals surface area (Å²) < 4.78 is 3.34. The number of nitrogens with one attached hydrogen (secondary N) is 1. The molecular weight excluding hydrogens is 424 g/mol. The molecule has 5 aromatic rings. The molecule has 10 heteroatoms. The van der Waals surface area contributed by atoms with Crippen molar-refractivity contribution in [3.05, 3.63) is 68.6 Å². The molecule has 148 valence electrons. The Morgan fingerprint density at radius 1 is 1.17 bits per heavy atom. The highest BCUT2D eigenvalue weighted by Gasteiger charge is 2.28. The van der Waals surface area contributed by atoms with Gasteiger partial charge >= 0.3 is 5.69 Å². The fraction of sp³-hybridized carbons (Fsp3) is 0.150. The van der Waals surface area contributed by atoms with Gasteiger partial charge in [-0.05, 0) is 25.0 Å². The molecule has 8 nitrogen and oxygen atoms in total. The molecule has 0 aliphatic heterocycles. The molecule has 0 amide bonds. The van der Waals surface area contributed by atoms with Gasteiger partial charge in [0, 0.05) is 15.5 Å². The number of aromatic amines is 1. The highest BCUT2D eigenvalue weighted by atomic mass is 35.5. The lowest BCUT2D eigenvalue weighted by atomic mass is 10.2. The Morgan fingerprint density at radius 2 is 2.00 bits per heavy atom. The standard InChI is InChI=1S/C20H13ClN6O2S/c21-12-4-2-1-3-11(12)16-7-13-18(30-16)19(28)26(20(29)23-13)15-9-22-8-14-17(15)27(25-24-14)10-5-6-10/h1-4,7-10H,5-6H2,(H,23,29).